The number of ketones is 2. The van der Waals surface area contributed by atoms with Gasteiger partial charge in [0, 0.05) is 46.3 Å². The lowest BCUT2D eigenvalue weighted by atomic mass is 10.00. The first-order valence-corrected chi connectivity index (χ1v) is 26.3. The maximum absolute atomic E-state index is 14.0. The van der Waals surface area contributed by atoms with E-state index in [2.05, 4.69) is 101 Å². The van der Waals surface area contributed by atoms with Crippen LogP contribution in [-0.2, 0) is 7.05 Å². The quantitative estimate of drug-likeness (QED) is 0.0971. The molecule has 0 amide bonds. The minimum Gasteiger partial charge on any atom is -0.361 e. The Morgan fingerprint density at radius 3 is 1.60 bits per heavy atom. The summed E-state index contributed by atoms with van der Waals surface area (Å²) in [6.07, 6.45) is 5.63. The maximum Gasteiger partial charge on any atom is 0.270 e. The van der Waals surface area contributed by atoms with Crippen LogP contribution in [-0.4, -0.2) is 51.5 Å². The number of fused-ring (bicyclic) bond motifs is 6. The number of H-pyrrole nitrogens is 1. The van der Waals surface area contributed by atoms with Crippen molar-refractivity contribution in [2.24, 2.45) is 7.05 Å². The average molecular weight is 1130 g/mol. The van der Waals surface area contributed by atoms with Crippen LogP contribution in [0.1, 0.15) is 37.5 Å². The molecule has 6 heterocycles. The summed E-state index contributed by atoms with van der Waals surface area (Å²) in [4.78, 5) is 43.3. The van der Waals surface area contributed by atoms with E-state index < -0.39 is 23.2 Å². The molecule has 0 saturated heterocycles. The predicted octanol–water partition coefficient (Wildman–Crippen LogP) is 16.5. The SMILES string of the molecule is Clc1cc2c(-c3ccc4ccccc4c3)n[nH]c2cn1.Cn1nc(-c2ccc3ccccc3c2)c2cc(Cl)ncc21.N#Cc1nccc(C(=O)c2ccc3ccccc3c2)c1F.[C-]#[N+]c1cc(C(=O)c2ccc3ccccc3c2)c(F)cn1. The van der Waals surface area contributed by atoms with Gasteiger partial charge in [0.05, 0.1) is 34.6 Å². The molecular formula is C67H40Cl2F2N10O2. The summed E-state index contributed by atoms with van der Waals surface area (Å²) in [6.45, 7) is 6.89. The van der Waals surface area contributed by atoms with Crippen molar-refractivity contribution < 1.29 is 18.4 Å². The number of aryl methyl sites for hydroxylation is 1. The zero-order valence-corrected chi connectivity index (χ0v) is 45.1. The molecule has 0 unspecified atom stereocenters. The van der Waals surface area contributed by atoms with Crippen LogP contribution < -0.4 is 0 Å². The summed E-state index contributed by atoms with van der Waals surface area (Å²) >= 11 is 12.0. The molecule has 16 heteroatoms. The first-order chi connectivity index (χ1) is 40.4. The third-order valence-electron chi connectivity index (χ3n) is 13.6. The van der Waals surface area contributed by atoms with Crippen LogP contribution in [0.5, 0.6) is 0 Å². The summed E-state index contributed by atoms with van der Waals surface area (Å²) in [7, 11) is 1.92. The van der Waals surface area contributed by atoms with Gasteiger partial charge in [0.1, 0.15) is 27.8 Å². The van der Waals surface area contributed by atoms with E-state index in [-0.39, 0.29) is 22.6 Å². The second-order valence-corrected chi connectivity index (χ2v) is 19.6. The summed E-state index contributed by atoms with van der Waals surface area (Å²) in [6, 6.07) is 62.7. The molecule has 12 nitrogen and oxygen atoms in total. The van der Waals surface area contributed by atoms with Crippen molar-refractivity contribution in [3.63, 3.8) is 0 Å². The van der Waals surface area contributed by atoms with Crippen molar-refractivity contribution in [2.75, 3.05) is 0 Å². The van der Waals surface area contributed by atoms with Crippen molar-refractivity contribution >= 4 is 105 Å². The molecule has 0 radical (unpaired) electrons. The molecule has 0 spiro atoms. The maximum atomic E-state index is 14.0. The Balaban J connectivity index is 0.000000116. The molecular weight excluding hydrogens is 1090 g/mol. The highest BCUT2D eigenvalue weighted by Gasteiger charge is 2.19. The third-order valence-corrected chi connectivity index (χ3v) is 14.0. The van der Waals surface area contributed by atoms with Gasteiger partial charge in [0.2, 0.25) is 0 Å². The fraction of sp³-hybridized carbons (Fsp3) is 0.0149. The van der Waals surface area contributed by atoms with Gasteiger partial charge in [-0.3, -0.25) is 19.4 Å². The molecule has 0 fully saturated rings. The first kappa shape index (κ1) is 54.1. The van der Waals surface area contributed by atoms with Crippen molar-refractivity contribution in [3.05, 3.63) is 280 Å². The number of rotatable bonds is 6. The summed E-state index contributed by atoms with van der Waals surface area (Å²) in [5, 5.41) is 32.4. The zero-order chi connectivity index (χ0) is 57.6. The lowest BCUT2D eigenvalue weighted by molar-refractivity contribution is 0.102. The summed E-state index contributed by atoms with van der Waals surface area (Å²) in [5.74, 6) is -2.51. The molecule has 0 aliphatic heterocycles. The van der Waals surface area contributed by atoms with Crippen molar-refractivity contribution in [1.29, 1.82) is 5.26 Å². The summed E-state index contributed by atoms with van der Waals surface area (Å²) in [5.41, 5.74) is 5.96. The standard InChI is InChI=1S/C17H12ClN3.2C17H9FN2O.C16H10ClN3/c1-21-15-10-19-16(18)9-14(15)17(20-21)13-7-6-11-4-2-3-5-12(11)8-13;1-19-16-9-14(15(18)10-20-16)17(21)13-7-6-11-4-2-3-5-12(11)8-13;18-16-14(7-8-20-15(16)10-19)17(21)13-6-5-11-3-1-2-4-12(11)9-13;17-15-8-13-14(9-18-15)19-20-16(13)12-6-5-10-3-1-2-4-11(10)7-12/h2-10H,1H3;2-10H;1-9H;1-9H,(H,19,20). The number of nitrogens with zero attached hydrogens (tertiary/aromatic N) is 9. The van der Waals surface area contributed by atoms with Crippen LogP contribution >= 0.6 is 23.2 Å². The number of carbonyl (C=O) groups is 2. The van der Waals surface area contributed by atoms with Gasteiger partial charge in [-0.2, -0.15) is 15.5 Å². The zero-order valence-electron chi connectivity index (χ0n) is 43.6. The number of halogens is 4. The van der Waals surface area contributed by atoms with Gasteiger partial charge in [0.15, 0.2) is 35.1 Å². The number of nitrogens with one attached hydrogen (secondary N) is 1. The van der Waals surface area contributed by atoms with Crippen LogP contribution in [0, 0.1) is 29.5 Å². The first-order valence-electron chi connectivity index (χ1n) is 25.5. The molecule has 1 N–H and O–H groups in total. The van der Waals surface area contributed by atoms with Crippen LogP contribution in [0.2, 0.25) is 10.3 Å². The van der Waals surface area contributed by atoms with Gasteiger partial charge in [0.25, 0.3) is 5.82 Å². The van der Waals surface area contributed by atoms with E-state index >= 15 is 0 Å². The van der Waals surface area contributed by atoms with Crippen molar-refractivity contribution in [2.45, 2.75) is 0 Å². The van der Waals surface area contributed by atoms with Gasteiger partial charge < -0.3 is 4.85 Å². The Morgan fingerprint density at radius 1 is 0.554 bits per heavy atom. The van der Waals surface area contributed by atoms with Crippen LogP contribution in [0.15, 0.2) is 219 Å². The Morgan fingerprint density at radius 2 is 1.05 bits per heavy atom. The number of carbonyl (C=O) groups excluding carboxylic acids is 2. The molecule has 0 aliphatic rings. The Labute approximate surface area is 482 Å². The highest BCUT2D eigenvalue weighted by molar-refractivity contribution is 6.30. The molecule has 14 aromatic rings. The molecule has 398 valence electrons. The highest BCUT2D eigenvalue weighted by Crippen LogP contribution is 2.32. The van der Waals surface area contributed by atoms with Gasteiger partial charge in [-0.1, -0.05) is 175 Å². The van der Waals surface area contributed by atoms with Crippen LogP contribution in [0.4, 0.5) is 14.6 Å². The molecule has 0 atom stereocenters. The Kier molecular flexibility index (Phi) is 15.5. The van der Waals surface area contributed by atoms with E-state index in [0.717, 1.165) is 72.1 Å². The van der Waals surface area contributed by atoms with Crippen LogP contribution in [0.3, 0.4) is 0 Å². The molecule has 83 heavy (non-hydrogen) atoms. The largest absolute Gasteiger partial charge is 0.361 e. The molecule has 8 aromatic carbocycles. The van der Waals surface area contributed by atoms with Crippen molar-refractivity contribution in [3.8, 4) is 28.6 Å². The van der Waals surface area contributed by atoms with Crippen LogP contribution in [0.25, 0.3) is 92.3 Å². The fourth-order valence-corrected chi connectivity index (χ4v) is 9.77. The Hall–Kier alpha value is -10.9. The monoisotopic (exact) mass is 1120 g/mol. The number of benzene rings is 8. The van der Waals surface area contributed by atoms with E-state index in [1.807, 2.05) is 109 Å². The van der Waals surface area contributed by atoms with Gasteiger partial charge in [-0.15, -0.1) is 4.98 Å². The van der Waals surface area contributed by atoms with Crippen molar-refractivity contribution in [1.82, 2.24) is 39.9 Å². The molecule has 0 bridgehead atoms. The third kappa shape index (κ3) is 11.6. The summed E-state index contributed by atoms with van der Waals surface area (Å²) < 4.78 is 29.6. The number of pyridine rings is 4. The van der Waals surface area contributed by atoms with Gasteiger partial charge in [-0.25, -0.2) is 23.7 Å². The van der Waals surface area contributed by atoms with E-state index in [9.17, 15) is 18.4 Å². The number of hydrogen-bond acceptors (Lipinski definition) is 9. The number of nitriles is 1. The molecule has 14 rings (SSSR count). The van der Waals surface area contributed by atoms with E-state index in [0.29, 0.717) is 21.4 Å². The lowest BCUT2D eigenvalue weighted by Crippen LogP contribution is -2.06. The number of aromatic nitrogens is 8. The number of aromatic amines is 1. The molecule has 6 aromatic heterocycles. The topological polar surface area (TPSA) is 160 Å². The number of hydrogen-bond donors (Lipinski definition) is 1. The second-order valence-electron chi connectivity index (χ2n) is 18.8. The second kappa shape index (κ2) is 23.8. The van der Waals surface area contributed by atoms with Gasteiger partial charge >= 0.3 is 0 Å². The molecule has 0 aliphatic carbocycles. The fourth-order valence-electron chi connectivity index (χ4n) is 9.46. The minimum atomic E-state index is -0.877. The highest BCUT2D eigenvalue weighted by atomic mass is 35.5. The lowest BCUT2D eigenvalue weighted by Gasteiger charge is -2.05. The minimum absolute atomic E-state index is 0.000499. The predicted molar refractivity (Wildman–Crippen MR) is 322 cm³/mol. The molecule has 0 saturated carbocycles. The van der Waals surface area contributed by atoms with E-state index in [4.69, 9.17) is 35.0 Å². The average Bonchev–Trinajstić information content (AvgIpc) is 4.35. The normalized spacial score (nSPS) is 10.8. The Bertz CT molecular complexity index is 4850. The van der Waals surface area contributed by atoms with Gasteiger partial charge in [-0.05, 0) is 91.6 Å². The van der Waals surface area contributed by atoms with E-state index in [1.54, 1.807) is 42.7 Å². The smallest absolute Gasteiger partial charge is 0.270 e. The van der Waals surface area contributed by atoms with E-state index in [1.165, 1.54) is 39.9 Å².